The zero-order chi connectivity index (χ0) is 19.2. The summed E-state index contributed by atoms with van der Waals surface area (Å²) >= 11 is 1.41. The number of carbonyl (C=O) groups is 2. The number of amides is 2. The zero-order valence-corrected chi connectivity index (χ0v) is 15.9. The second-order valence-corrected chi connectivity index (χ2v) is 6.79. The van der Waals surface area contributed by atoms with Gasteiger partial charge in [-0.25, -0.2) is 0 Å². The van der Waals surface area contributed by atoms with Gasteiger partial charge in [0.25, 0.3) is 11.8 Å². The molecule has 1 aromatic heterocycles. The van der Waals surface area contributed by atoms with Crippen LogP contribution in [0.5, 0.6) is 5.75 Å². The normalized spacial score (nSPS) is 10.3. The lowest BCUT2D eigenvalue weighted by Crippen LogP contribution is -2.13. The van der Waals surface area contributed by atoms with E-state index in [0.717, 1.165) is 11.3 Å². The van der Waals surface area contributed by atoms with E-state index >= 15 is 0 Å². The van der Waals surface area contributed by atoms with Crippen molar-refractivity contribution < 1.29 is 14.3 Å². The van der Waals surface area contributed by atoms with E-state index in [0.29, 0.717) is 28.4 Å². The van der Waals surface area contributed by atoms with Gasteiger partial charge in [-0.05, 0) is 79.4 Å². The van der Waals surface area contributed by atoms with E-state index < -0.39 is 0 Å². The van der Waals surface area contributed by atoms with E-state index in [1.165, 1.54) is 11.3 Å². The number of hydrogen-bond donors (Lipinski definition) is 2. The molecule has 2 amide bonds. The summed E-state index contributed by atoms with van der Waals surface area (Å²) in [5.74, 6) is 0.400. The Balaban J connectivity index is 1.61. The van der Waals surface area contributed by atoms with Crippen LogP contribution in [0.25, 0.3) is 0 Å². The Morgan fingerprint density at radius 1 is 0.889 bits per heavy atom. The van der Waals surface area contributed by atoms with Crippen LogP contribution in [0.3, 0.4) is 0 Å². The number of aryl methyl sites for hydroxylation is 1. The minimum atomic E-state index is -0.217. The zero-order valence-electron chi connectivity index (χ0n) is 15.1. The highest BCUT2D eigenvalue weighted by molar-refractivity contribution is 7.12. The predicted molar refractivity (Wildman–Crippen MR) is 109 cm³/mol. The molecule has 0 unspecified atom stereocenters. The lowest BCUT2D eigenvalue weighted by molar-refractivity contribution is 0.102. The molecule has 0 aliphatic heterocycles. The van der Waals surface area contributed by atoms with Crippen molar-refractivity contribution in [3.05, 3.63) is 76.0 Å². The molecule has 2 N–H and O–H groups in total. The summed E-state index contributed by atoms with van der Waals surface area (Å²) in [6.45, 7) is 4.42. The molecule has 27 heavy (non-hydrogen) atoms. The Morgan fingerprint density at radius 2 is 1.48 bits per heavy atom. The number of thiophene rings is 1. The third-order valence-corrected chi connectivity index (χ3v) is 4.91. The minimum Gasteiger partial charge on any atom is -0.494 e. The molecular weight excluding hydrogens is 360 g/mol. The fraction of sp³-hybridized carbons (Fsp3) is 0.143. The van der Waals surface area contributed by atoms with Crippen molar-refractivity contribution in [2.24, 2.45) is 0 Å². The molecule has 138 valence electrons. The number of anilines is 2. The molecule has 0 bridgehead atoms. The van der Waals surface area contributed by atoms with Crippen molar-refractivity contribution >= 4 is 34.5 Å². The first-order valence-corrected chi connectivity index (χ1v) is 9.44. The SMILES string of the molecule is CCOc1ccc(NC(=O)c2ccc(NC(=O)c3sccc3C)cc2)cc1. The summed E-state index contributed by atoms with van der Waals surface area (Å²) < 4.78 is 5.38. The lowest BCUT2D eigenvalue weighted by Gasteiger charge is -2.08. The molecule has 0 saturated carbocycles. The molecule has 0 atom stereocenters. The number of hydrogen-bond acceptors (Lipinski definition) is 4. The minimum absolute atomic E-state index is 0.144. The van der Waals surface area contributed by atoms with Crippen molar-refractivity contribution in [2.75, 3.05) is 17.2 Å². The van der Waals surface area contributed by atoms with Crippen molar-refractivity contribution in [1.29, 1.82) is 0 Å². The third-order valence-electron chi connectivity index (χ3n) is 3.90. The molecule has 0 radical (unpaired) electrons. The topological polar surface area (TPSA) is 67.4 Å². The highest BCUT2D eigenvalue weighted by Crippen LogP contribution is 2.19. The second-order valence-electron chi connectivity index (χ2n) is 5.88. The molecule has 6 heteroatoms. The van der Waals surface area contributed by atoms with Gasteiger partial charge in [0, 0.05) is 16.9 Å². The summed E-state index contributed by atoms with van der Waals surface area (Å²) in [7, 11) is 0. The maximum absolute atomic E-state index is 12.4. The molecule has 5 nitrogen and oxygen atoms in total. The highest BCUT2D eigenvalue weighted by atomic mass is 32.1. The van der Waals surface area contributed by atoms with Gasteiger partial charge in [0.15, 0.2) is 0 Å². The van der Waals surface area contributed by atoms with Crippen LogP contribution in [0, 0.1) is 6.92 Å². The number of carbonyl (C=O) groups excluding carboxylic acids is 2. The van der Waals surface area contributed by atoms with Gasteiger partial charge >= 0.3 is 0 Å². The molecular formula is C21H20N2O3S. The predicted octanol–water partition coefficient (Wildman–Crippen LogP) is 4.96. The van der Waals surface area contributed by atoms with Crippen LogP contribution in [0.15, 0.2) is 60.0 Å². The van der Waals surface area contributed by atoms with E-state index in [4.69, 9.17) is 4.74 Å². The van der Waals surface area contributed by atoms with Gasteiger partial charge in [-0.1, -0.05) is 0 Å². The number of ether oxygens (including phenoxy) is 1. The van der Waals surface area contributed by atoms with E-state index in [-0.39, 0.29) is 11.8 Å². The van der Waals surface area contributed by atoms with Gasteiger partial charge in [-0.3, -0.25) is 9.59 Å². The number of nitrogens with one attached hydrogen (secondary N) is 2. The highest BCUT2D eigenvalue weighted by Gasteiger charge is 2.11. The van der Waals surface area contributed by atoms with E-state index in [9.17, 15) is 9.59 Å². The van der Waals surface area contributed by atoms with E-state index in [1.54, 1.807) is 36.4 Å². The smallest absolute Gasteiger partial charge is 0.265 e. The van der Waals surface area contributed by atoms with Gasteiger partial charge in [-0.15, -0.1) is 11.3 Å². The molecule has 1 heterocycles. The molecule has 2 aromatic carbocycles. The van der Waals surface area contributed by atoms with Crippen LogP contribution in [0.1, 0.15) is 32.5 Å². The first-order chi connectivity index (χ1) is 13.1. The average molecular weight is 380 g/mol. The van der Waals surface area contributed by atoms with Crippen molar-refractivity contribution in [3.63, 3.8) is 0 Å². The molecule has 0 spiro atoms. The third kappa shape index (κ3) is 4.74. The van der Waals surface area contributed by atoms with Crippen LogP contribution in [0.4, 0.5) is 11.4 Å². The van der Waals surface area contributed by atoms with E-state index in [2.05, 4.69) is 10.6 Å². The molecule has 0 saturated heterocycles. The fourth-order valence-electron chi connectivity index (χ4n) is 2.50. The molecule has 0 aliphatic rings. The van der Waals surface area contributed by atoms with Crippen LogP contribution >= 0.6 is 11.3 Å². The van der Waals surface area contributed by atoms with Gasteiger partial charge in [0.05, 0.1) is 11.5 Å². The molecule has 0 fully saturated rings. The maximum Gasteiger partial charge on any atom is 0.265 e. The van der Waals surface area contributed by atoms with E-state index in [1.807, 2.05) is 37.4 Å². The summed E-state index contributed by atoms with van der Waals surface area (Å²) in [6.07, 6.45) is 0. The monoisotopic (exact) mass is 380 g/mol. The summed E-state index contributed by atoms with van der Waals surface area (Å²) in [5.41, 5.74) is 2.79. The van der Waals surface area contributed by atoms with Crippen LogP contribution < -0.4 is 15.4 Å². The fourth-order valence-corrected chi connectivity index (χ4v) is 3.32. The number of benzene rings is 2. The Morgan fingerprint density at radius 3 is 2.04 bits per heavy atom. The van der Waals surface area contributed by atoms with Crippen molar-refractivity contribution in [2.45, 2.75) is 13.8 Å². The standard InChI is InChI=1S/C21H20N2O3S/c1-3-26-18-10-8-17(9-11-18)22-20(24)15-4-6-16(7-5-15)23-21(25)19-14(2)12-13-27-19/h4-13H,3H2,1-2H3,(H,22,24)(H,23,25). The molecule has 3 rings (SSSR count). The lowest BCUT2D eigenvalue weighted by atomic mass is 10.2. The van der Waals surface area contributed by atoms with Crippen molar-refractivity contribution in [3.8, 4) is 5.75 Å². The number of rotatable bonds is 6. The quantitative estimate of drug-likeness (QED) is 0.635. The van der Waals surface area contributed by atoms with Crippen molar-refractivity contribution in [1.82, 2.24) is 0 Å². The first kappa shape index (κ1) is 18.7. The summed E-state index contributed by atoms with van der Waals surface area (Å²) in [4.78, 5) is 25.3. The largest absolute Gasteiger partial charge is 0.494 e. The van der Waals surface area contributed by atoms with Gasteiger partial charge < -0.3 is 15.4 Å². The summed E-state index contributed by atoms with van der Waals surface area (Å²) in [5, 5.41) is 7.57. The Kier molecular flexibility index (Phi) is 5.88. The average Bonchev–Trinajstić information content (AvgIpc) is 3.10. The first-order valence-electron chi connectivity index (χ1n) is 8.56. The van der Waals surface area contributed by atoms with Crippen LogP contribution in [0.2, 0.25) is 0 Å². The Hall–Kier alpha value is -3.12. The van der Waals surface area contributed by atoms with Gasteiger partial charge in [0.2, 0.25) is 0 Å². The maximum atomic E-state index is 12.4. The molecule has 3 aromatic rings. The Bertz CT molecular complexity index is 931. The molecule has 0 aliphatic carbocycles. The van der Waals surface area contributed by atoms with Gasteiger partial charge in [0.1, 0.15) is 5.75 Å². The second kappa shape index (κ2) is 8.51. The van der Waals surface area contributed by atoms with Crippen LogP contribution in [-0.4, -0.2) is 18.4 Å². The van der Waals surface area contributed by atoms with Crippen LogP contribution in [-0.2, 0) is 0 Å². The van der Waals surface area contributed by atoms with Gasteiger partial charge in [-0.2, -0.15) is 0 Å². The summed E-state index contributed by atoms with van der Waals surface area (Å²) in [6, 6.07) is 15.9. The Labute approximate surface area is 162 Å².